The second-order valence-corrected chi connectivity index (χ2v) is 13.0. The minimum Gasteiger partial charge on any atom is -0.469 e. The SMILES string of the molecule is COC(=O)CCCC=C1C2COCC1CN(p1oc3c(C)cc4ccccc4c3c3c(o1)c(C)cc1ccccc13)C2. The van der Waals surface area contributed by atoms with E-state index >= 15 is 0 Å². The van der Waals surface area contributed by atoms with E-state index in [4.69, 9.17) is 17.9 Å². The van der Waals surface area contributed by atoms with Gasteiger partial charge in [-0.3, -0.25) is 4.79 Å². The van der Waals surface area contributed by atoms with Crippen LogP contribution >= 0.6 is 8.16 Å². The Morgan fingerprint density at radius 3 is 2.00 bits per heavy atom. The molecule has 0 amide bonds. The number of esters is 1. The number of methoxy groups -OCH3 is 1. The molecule has 4 aromatic carbocycles. The summed E-state index contributed by atoms with van der Waals surface area (Å²) in [7, 11) is 0.0323. The van der Waals surface area contributed by atoms with Crippen molar-refractivity contribution >= 4 is 57.6 Å². The first-order chi connectivity index (χ1) is 20.5. The Morgan fingerprint density at radius 2 is 1.45 bits per heavy atom. The molecule has 7 rings (SSSR count). The van der Waals surface area contributed by atoms with Crippen LogP contribution in [0.3, 0.4) is 0 Å². The number of benzene rings is 4. The lowest BCUT2D eigenvalue weighted by Crippen LogP contribution is -2.47. The first-order valence-corrected chi connectivity index (χ1v) is 16.0. The van der Waals surface area contributed by atoms with Gasteiger partial charge in [-0.25, -0.2) is 4.67 Å². The van der Waals surface area contributed by atoms with E-state index in [-0.39, 0.29) is 17.8 Å². The summed E-state index contributed by atoms with van der Waals surface area (Å²) in [6.45, 7) is 7.31. The number of hydrogen-bond acceptors (Lipinski definition) is 6. The first-order valence-electron chi connectivity index (χ1n) is 14.8. The molecule has 6 nitrogen and oxygen atoms in total. The van der Waals surface area contributed by atoms with E-state index in [9.17, 15) is 4.79 Å². The molecule has 2 saturated heterocycles. The largest absolute Gasteiger partial charge is 0.469 e. The molecule has 0 saturated carbocycles. The number of piperidine rings is 1. The third-order valence-electron chi connectivity index (χ3n) is 8.83. The van der Waals surface area contributed by atoms with Gasteiger partial charge in [0.1, 0.15) is 11.2 Å². The molecule has 1 aromatic heterocycles. The van der Waals surface area contributed by atoms with Gasteiger partial charge in [0.25, 0.3) is 0 Å². The lowest BCUT2D eigenvalue weighted by Gasteiger charge is -2.41. The molecule has 3 heterocycles. The number of rotatable bonds is 5. The maximum atomic E-state index is 11.6. The molecular weight excluding hydrogens is 545 g/mol. The van der Waals surface area contributed by atoms with Crippen molar-refractivity contribution < 1.29 is 22.7 Å². The molecule has 2 atom stereocenters. The molecule has 42 heavy (non-hydrogen) atoms. The van der Waals surface area contributed by atoms with Crippen LogP contribution in [-0.2, 0) is 14.3 Å². The van der Waals surface area contributed by atoms with E-state index < -0.39 is 8.16 Å². The number of ether oxygens (including phenoxy) is 2. The maximum absolute atomic E-state index is 11.6. The fourth-order valence-electron chi connectivity index (χ4n) is 6.82. The Kier molecular flexibility index (Phi) is 7.31. The molecule has 0 aliphatic carbocycles. The van der Waals surface area contributed by atoms with Gasteiger partial charge in [-0.2, -0.15) is 0 Å². The molecule has 7 heteroatoms. The smallest absolute Gasteiger partial charge is 0.309 e. The summed E-state index contributed by atoms with van der Waals surface area (Å²) >= 11 is 0. The standard InChI is InChI=1S/C35H36NO5P/c1-22-16-24-10-4-6-13-29(24)32-33-30-14-7-5-11-25(30)17-23(2)35(33)41-42(40-34(22)32)36-18-26-20-39-21-27(19-36)28(26)12-8-9-15-31(37)38-3/h4-7,10-14,16-17,26-27H,8-9,15,18-21H2,1-3H3. The van der Waals surface area contributed by atoms with Crippen LogP contribution in [0.2, 0.25) is 0 Å². The van der Waals surface area contributed by atoms with Gasteiger partial charge in [-0.05, 0) is 71.5 Å². The zero-order chi connectivity index (χ0) is 28.8. The number of unbranched alkanes of at least 4 members (excludes halogenated alkanes) is 1. The quantitative estimate of drug-likeness (QED) is 0.118. The summed E-state index contributed by atoms with van der Waals surface area (Å²) in [5.41, 5.74) is 5.52. The average Bonchev–Trinajstić information content (AvgIpc) is 3.18. The maximum Gasteiger partial charge on any atom is 0.309 e. The highest BCUT2D eigenvalue weighted by molar-refractivity contribution is 7.39. The Balaban J connectivity index is 1.39. The normalized spacial score (nSPS) is 19.1. The monoisotopic (exact) mass is 581 g/mol. The van der Waals surface area contributed by atoms with E-state index in [1.807, 2.05) is 0 Å². The first kappa shape index (κ1) is 27.3. The van der Waals surface area contributed by atoms with E-state index in [2.05, 4.69) is 85.3 Å². The number of nitrogens with zero attached hydrogens (tertiary/aromatic N) is 1. The van der Waals surface area contributed by atoms with Gasteiger partial charge in [0.05, 0.1) is 20.3 Å². The van der Waals surface area contributed by atoms with Gasteiger partial charge >= 0.3 is 14.1 Å². The van der Waals surface area contributed by atoms with Crippen LogP contribution in [0.15, 0.2) is 80.7 Å². The molecule has 0 N–H and O–H groups in total. The Bertz CT molecular complexity index is 1790. The summed E-state index contributed by atoms with van der Waals surface area (Å²) in [6, 6.07) is 21.6. The van der Waals surface area contributed by atoms with Gasteiger partial charge in [0, 0.05) is 42.1 Å². The Labute approximate surface area is 246 Å². The van der Waals surface area contributed by atoms with Gasteiger partial charge in [-0.15, -0.1) is 0 Å². The van der Waals surface area contributed by atoms with Gasteiger partial charge in [-0.1, -0.05) is 60.2 Å². The Morgan fingerprint density at radius 1 is 0.905 bits per heavy atom. The van der Waals surface area contributed by atoms with Crippen molar-refractivity contribution in [2.24, 2.45) is 11.8 Å². The highest BCUT2D eigenvalue weighted by atomic mass is 31.1. The highest BCUT2D eigenvalue weighted by Crippen LogP contribution is 2.46. The van der Waals surface area contributed by atoms with Gasteiger partial charge in [0.2, 0.25) is 0 Å². The number of allylic oxidation sites excluding steroid dienone is 1. The minimum absolute atomic E-state index is 0.149. The highest BCUT2D eigenvalue weighted by Gasteiger charge is 2.38. The van der Waals surface area contributed by atoms with Crippen LogP contribution in [0, 0.1) is 25.7 Å². The second-order valence-electron chi connectivity index (χ2n) is 11.6. The molecule has 2 fully saturated rings. The molecule has 2 aliphatic heterocycles. The van der Waals surface area contributed by atoms with Crippen molar-refractivity contribution in [1.82, 2.24) is 0 Å². The topological polar surface area (TPSA) is 65.1 Å². The van der Waals surface area contributed by atoms with Crippen molar-refractivity contribution in [2.45, 2.75) is 33.1 Å². The third kappa shape index (κ3) is 4.82. The number of carbonyl (C=O) groups is 1. The minimum atomic E-state index is -1.41. The summed E-state index contributed by atoms with van der Waals surface area (Å²) in [6.07, 6.45) is 4.47. The van der Waals surface area contributed by atoms with E-state index in [1.54, 1.807) is 0 Å². The summed E-state index contributed by atoms with van der Waals surface area (Å²) in [5.74, 6) is 0.412. The number of aryl methyl sites for hydroxylation is 2. The summed E-state index contributed by atoms with van der Waals surface area (Å²) in [4.78, 5) is 11.6. The van der Waals surface area contributed by atoms with Crippen molar-refractivity contribution in [3.63, 3.8) is 0 Å². The van der Waals surface area contributed by atoms with Crippen LogP contribution in [0.5, 0.6) is 0 Å². The molecule has 0 spiro atoms. The predicted molar refractivity (Wildman–Crippen MR) is 171 cm³/mol. The van der Waals surface area contributed by atoms with Crippen LogP contribution < -0.4 is 4.67 Å². The van der Waals surface area contributed by atoms with E-state index in [0.29, 0.717) is 19.6 Å². The predicted octanol–water partition coefficient (Wildman–Crippen LogP) is 8.70. The van der Waals surface area contributed by atoms with Gasteiger partial charge in [0.15, 0.2) is 0 Å². The fourth-order valence-corrected chi connectivity index (χ4v) is 8.53. The molecule has 2 aliphatic rings. The van der Waals surface area contributed by atoms with Gasteiger partial charge < -0.3 is 17.9 Å². The summed E-state index contributed by atoms with van der Waals surface area (Å²) < 4.78 is 27.3. The Hall–Kier alpha value is -3.57. The van der Waals surface area contributed by atoms with Crippen molar-refractivity contribution in [3.8, 4) is 0 Å². The second kappa shape index (κ2) is 11.3. The van der Waals surface area contributed by atoms with Crippen LogP contribution in [0.4, 0.5) is 0 Å². The van der Waals surface area contributed by atoms with E-state index in [1.165, 1.54) is 34.2 Å². The fraction of sp³-hybridized carbons (Fsp3) is 0.343. The van der Waals surface area contributed by atoms with Crippen LogP contribution in [-0.4, -0.2) is 39.4 Å². The number of hydrogen-bond donors (Lipinski definition) is 0. The zero-order valence-corrected chi connectivity index (χ0v) is 25.3. The third-order valence-corrected chi connectivity index (χ3v) is 10.3. The molecule has 2 bridgehead atoms. The average molecular weight is 582 g/mol. The van der Waals surface area contributed by atoms with Crippen molar-refractivity contribution in [3.05, 3.63) is 83.4 Å². The molecule has 5 aromatic rings. The van der Waals surface area contributed by atoms with Crippen LogP contribution in [0.25, 0.3) is 43.5 Å². The van der Waals surface area contributed by atoms with Crippen LogP contribution in [0.1, 0.15) is 30.4 Å². The lowest BCUT2D eigenvalue weighted by molar-refractivity contribution is -0.140. The number of fused-ring (bicyclic) bond motifs is 9. The number of carbonyl (C=O) groups excluding carboxylic acids is 1. The molecule has 216 valence electrons. The molecular formula is C35H36NO5P. The van der Waals surface area contributed by atoms with Crippen molar-refractivity contribution in [2.75, 3.05) is 38.1 Å². The summed E-state index contributed by atoms with van der Waals surface area (Å²) in [5, 5.41) is 7.00. The zero-order valence-electron chi connectivity index (χ0n) is 24.4. The molecule has 2 unspecified atom stereocenters. The molecule has 0 radical (unpaired) electrons. The van der Waals surface area contributed by atoms with Crippen molar-refractivity contribution in [1.29, 1.82) is 0 Å². The van der Waals surface area contributed by atoms with E-state index in [0.717, 1.165) is 59.0 Å². The lowest BCUT2D eigenvalue weighted by atomic mass is 9.82.